The first-order valence-electron chi connectivity index (χ1n) is 9.65. The van der Waals surface area contributed by atoms with E-state index in [1.54, 1.807) is 12.1 Å². The summed E-state index contributed by atoms with van der Waals surface area (Å²) in [6.45, 7) is 2.56. The topological polar surface area (TPSA) is 66.5 Å². The molecule has 0 radical (unpaired) electrons. The van der Waals surface area contributed by atoms with E-state index < -0.39 is 10.0 Å². The molecular weight excluding hydrogens is 408 g/mol. The molecule has 3 rings (SSSR count). The van der Waals surface area contributed by atoms with Crippen molar-refractivity contribution in [3.63, 3.8) is 0 Å². The molecule has 29 heavy (non-hydrogen) atoms. The summed E-state index contributed by atoms with van der Waals surface area (Å²) in [4.78, 5) is 12.6. The molecule has 1 aliphatic heterocycles. The zero-order chi connectivity index (χ0) is 20.9. The van der Waals surface area contributed by atoms with Crippen molar-refractivity contribution in [2.75, 3.05) is 13.1 Å². The van der Waals surface area contributed by atoms with Gasteiger partial charge in [0.2, 0.25) is 15.9 Å². The lowest BCUT2D eigenvalue weighted by Gasteiger charge is -2.30. The van der Waals surface area contributed by atoms with Crippen molar-refractivity contribution in [3.8, 4) is 0 Å². The number of piperidine rings is 1. The number of hydrogen-bond acceptors (Lipinski definition) is 3. The van der Waals surface area contributed by atoms with Crippen LogP contribution < -0.4 is 5.32 Å². The molecule has 1 atom stereocenters. The van der Waals surface area contributed by atoms with Gasteiger partial charge in [-0.15, -0.1) is 0 Å². The van der Waals surface area contributed by atoms with Crippen LogP contribution in [0.25, 0.3) is 6.08 Å². The van der Waals surface area contributed by atoms with Gasteiger partial charge in [-0.2, -0.15) is 4.31 Å². The summed E-state index contributed by atoms with van der Waals surface area (Å²) in [5, 5.41) is 4.86. The third-order valence-corrected chi connectivity index (χ3v) is 7.06. The molecule has 7 heteroatoms. The van der Waals surface area contributed by atoms with Crippen molar-refractivity contribution in [1.29, 1.82) is 0 Å². The summed E-state index contributed by atoms with van der Waals surface area (Å²) in [5.41, 5.74) is 1.70. The van der Waals surface area contributed by atoms with Crippen LogP contribution in [0.15, 0.2) is 60.0 Å². The molecule has 0 aliphatic carbocycles. The Balaban J connectivity index is 1.55. The van der Waals surface area contributed by atoms with Gasteiger partial charge in [-0.1, -0.05) is 60.1 Å². The minimum atomic E-state index is -3.50. The second kappa shape index (κ2) is 9.57. The summed E-state index contributed by atoms with van der Waals surface area (Å²) in [5.74, 6) is -0.265. The molecule has 2 aromatic rings. The quantitative estimate of drug-likeness (QED) is 0.742. The molecule has 154 valence electrons. The maximum absolute atomic E-state index is 12.6. The lowest BCUT2D eigenvalue weighted by molar-refractivity contribution is -0.126. The number of amides is 1. The van der Waals surface area contributed by atoms with E-state index in [0.717, 1.165) is 11.1 Å². The van der Waals surface area contributed by atoms with E-state index in [-0.39, 0.29) is 17.9 Å². The lowest BCUT2D eigenvalue weighted by Crippen LogP contribution is -2.42. The Kier molecular flexibility index (Phi) is 7.11. The van der Waals surface area contributed by atoms with Crippen LogP contribution in [0.1, 0.15) is 36.9 Å². The number of halogens is 1. The molecule has 0 unspecified atom stereocenters. The predicted octanol–water partition coefficient (Wildman–Crippen LogP) is 4.23. The van der Waals surface area contributed by atoms with Crippen LogP contribution in [0.2, 0.25) is 5.02 Å². The zero-order valence-electron chi connectivity index (χ0n) is 16.3. The Morgan fingerprint density at radius 2 is 1.72 bits per heavy atom. The van der Waals surface area contributed by atoms with Gasteiger partial charge in [0.05, 0.1) is 6.04 Å². The number of nitrogens with zero attached hydrogens (tertiary/aromatic N) is 1. The van der Waals surface area contributed by atoms with Crippen molar-refractivity contribution < 1.29 is 13.2 Å². The number of sulfonamides is 1. The Hall–Kier alpha value is -2.15. The van der Waals surface area contributed by atoms with Crippen molar-refractivity contribution in [1.82, 2.24) is 9.62 Å². The number of carbonyl (C=O) groups is 1. The fourth-order valence-corrected chi connectivity index (χ4v) is 4.94. The monoisotopic (exact) mass is 432 g/mol. The zero-order valence-corrected chi connectivity index (χ0v) is 17.9. The van der Waals surface area contributed by atoms with Crippen molar-refractivity contribution in [3.05, 3.63) is 76.2 Å². The molecule has 0 bridgehead atoms. The van der Waals surface area contributed by atoms with E-state index in [4.69, 9.17) is 11.6 Å². The molecule has 1 N–H and O–H groups in total. The fourth-order valence-electron chi connectivity index (χ4n) is 3.42. The Morgan fingerprint density at radius 1 is 1.10 bits per heavy atom. The van der Waals surface area contributed by atoms with Crippen molar-refractivity contribution in [2.24, 2.45) is 5.92 Å². The van der Waals surface area contributed by atoms with Gasteiger partial charge < -0.3 is 5.32 Å². The first-order chi connectivity index (χ1) is 13.9. The van der Waals surface area contributed by atoms with Crippen molar-refractivity contribution >= 4 is 33.6 Å². The molecule has 1 aliphatic rings. The molecule has 1 saturated heterocycles. The molecule has 0 saturated carbocycles. The Bertz CT molecular complexity index is 969. The van der Waals surface area contributed by atoms with Gasteiger partial charge in [0.15, 0.2) is 0 Å². The van der Waals surface area contributed by atoms with Crippen molar-refractivity contribution in [2.45, 2.75) is 25.8 Å². The molecule has 5 nitrogen and oxygen atoms in total. The number of benzene rings is 2. The maximum atomic E-state index is 12.6. The van der Waals surface area contributed by atoms with E-state index in [9.17, 15) is 13.2 Å². The molecule has 1 heterocycles. The van der Waals surface area contributed by atoms with E-state index in [2.05, 4.69) is 5.32 Å². The number of hydrogen-bond donors (Lipinski definition) is 1. The fraction of sp³-hybridized carbons (Fsp3) is 0.318. The lowest BCUT2D eigenvalue weighted by atomic mass is 9.96. The number of nitrogens with one attached hydrogen (secondary N) is 1. The minimum Gasteiger partial charge on any atom is -0.349 e. The van der Waals surface area contributed by atoms with Crippen LogP contribution in [0.5, 0.6) is 0 Å². The van der Waals surface area contributed by atoms with E-state index >= 15 is 0 Å². The van der Waals surface area contributed by atoms with Crippen LogP contribution in [-0.2, 0) is 14.8 Å². The average Bonchev–Trinajstić information content (AvgIpc) is 2.73. The smallest absolute Gasteiger partial charge is 0.236 e. The molecule has 1 amide bonds. The van der Waals surface area contributed by atoms with Gasteiger partial charge in [-0.05, 0) is 43.0 Å². The standard InChI is InChI=1S/C22H25ClN2O3S/c1-17(20-9-5-6-10-21(20)23)24-22(26)19-11-14-25(15-12-19)29(27,28)16-13-18-7-3-2-4-8-18/h2-10,13,16-17,19H,11-12,14-15H2,1H3,(H,24,26)/b16-13+/t17-/m0/s1. The largest absolute Gasteiger partial charge is 0.349 e. The van der Waals surface area contributed by atoms with Gasteiger partial charge in [-0.3, -0.25) is 4.79 Å². The third-order valence-electron chi connectivity index (χ3n) is 5.15. The minimum absolute atomic E-state index is 0.0608. The van der Waals surface area contributed by atoms with Crippen LogP contribution in [0.3, 0.4) is 0 Å². The highest BCUT2D eigenvalue weighted by Gasteiger charge is 2.30. The first kappa shape index (κ1) is 21.6. The highest BCUT2D eigenvalue weighted by Crippen LogP contribution is 2.25. The Morgan fingerprint density at radius 3 is 2.38 bits per heavy atom. The van der Waals surface area contributed by atoms with Gasteiger partial charge in [-0.25, -0.2) is 8.42 Å². The molecular formula is C22H25ClN2O3S. The van der Waals surface area contributed by atoms with Gasteiger partial charge >= 0.3 is 0 Å². The SMILES string of the molecule is C[C@H](NC(=O)C1CCN(S(=O)(=O)/C=C/c2ccccc2)CC1)c1ccccc1Cl. The normalized spacial score (nSPS) is 17.3. The summed E-state index contributed by atoms with van der Waals surface area (Å²) in [7, 11) is -3.50. The highest BCUT2D eigenvalue weighted by atomic mass is 35.5. The van der Waals surface area contributed by atoms with Gasteiger partial charge in [0.1, 0.15) is 0 Å². The molecule has 0 spiro atoms. The summed E-state index contributed by atoms with van der Waals surface area (Å²) in [6, 6.07) is 16.5. The van der Waals surface area contributed by atoms with Crippen LogP contribution >= 0.6 is 11.6 Å². The second-order valence-corrected chi connectivity index (χ2v) is 9.41. The third kappa shape index (κ3) is 5.69. The second-order valence-electron chi connectivity index (χ2n) is 7.18. The van der Waals surface area contributed by atoms with E-state index in [0.29, 0.717) is 31.0 Å². The van der Waals surface area contributed by atoms with Crippen LogP contribution in [-0.4, -0.2) is 31.7 Å². The van der Waals surface area contributed by atoms with Gasteiger partial charge in [0.25, 0.3) is 0 Å². The molecule has 0 aromatic heterocycles. The first-order valence-corrected chi connectivity index (χ1v) is 11.5. The predicted molar refractivity (Wildman–Crippen MR) is 117 cm³/mol. The average molecular weight is 433 g/mol. The van der Waals surface area contributed by atoms with E-state index in [1.807, 2.05) is 55.5 Å². The maximum Gasteiger partial charge on any atom is 0.236 e. The summed E-state index contributed by atoms with van der Waals surface area (Å²) in [6.07, 6.45) is 2.60. The van der Waals surface area contributed by atoms with E-state index in [1.165, 1.54) is 9.71 Å². The molecule has 2 aromatic carbocycles. The number of rotatable bonds is 6. The van der Waals surface area contributed by atoms with Gasteiger partial charge in [0, 0.05) is 29.4 Å². The number of carbonyl (C=O) groups excluding carboxylic acids is 1. The summed E-state index contributed by atoms with van der Waals surface area (Å²) < 4.78 is 26.6. The Labute approximate surface area is 177 Å². The summed E-state index contributed by atoms with van der Waals surface area (Å²) >= 11 is 6.20. The van der Waals surface area contributed by atoms with Crippen LogP contribution in [0.4, 0.5) is 0 Å². The van der Waals surface area contributed by atoms with Crippen LogP contribution in [0, 0.1) is 5.92 Å². The molecule has 1 fully saturated rings. The highest BCUT2D eigenvalue weighted by molar-refractivity contribution is 7.92.